The van der Waals surface area contributed by atoms with Crippen molar-refractivity contribution in [2.24, 2.45) is 0 Å². The molecule has 0 spiro atoms. The number of rotatable bonds is 3. The summed E-state index contributed by atoms with van der Waals surface area (Å²) in [5, 5.41) is 17.8. The van der Waals surface area contributed by atoms with Crippen molar-refractivity contribution in [1.82, 2.24) is 4.98 Å². The Kier molecular flexibility index (Phi) is 5.48. The Morgan fingerprint density at radius 2 is 1.71 bits per heavy atom. The third-order valence-electron chi connectivity index (χ3n) is 2.42. The molecule has 0 saturated heterocycles. The van der Waals surface area contributed by atoms with Crippen LogP contribution in [0.15, 0.2) is 24.3 Å². The minimum Gasteiger partial charge on any atom is -0.481 e. The first-order chi connectivity index (χ1) is 9.88. The number of methoxy groups -OCH3 is 2. The molecule has 1 heterocycles. The van der Waals surface area contributed by atoms with Gasteiger partial charge in [-0.2, -0.15) is 4.98 Å². The van der Waals surface area contributed by atoms with Gasteiger partial charge >= 0.3 is 5.97 Å². The lowest BCUT2D eigenvalue weighted by atomic mass is 10.1. The molecule has 7 heteroatoms. The van der Waals surface area contributed by atoms with Gasteiger partial charge in [-0.1, -0.05) is 6.07 Å². The minimum absolute atomic E-state index is 0.197. The lowest BCUT2D eigenvalue weighted by Gasteiger charge is -2.07. The van der Waals surface area contributed by atoms with E-state index in [4.69, 9.17) is 24.5 Å². The molecule has 0 amide bonds. The van der Waals surface area contributed by atoms with E-state index >= 15 is 0 Å². The van der Waals surface area contributed by atoms with Gasteiger partial charge in [-0.05, 0) is 17.5 Å². The number of carboxylic acids is 2. The highest BCUT2D eigenvalue weighted by atomic mass is 16.5. The number of pyridine rings is 1. The van der Waals surface area contributed by atoms with E-state index in [0.717, 1.165) is 12.3 Å². The summed E-state index contributed by atoms with van der Waals surface area (Å²) in [7, 11) is 2.99. The fraction of sp³-hybridized carbons (Fsp3) is 0.214. The molecule has 2 N–H and O–H groups in total. The second-order valence-electron chi connectivity index (χ2n) is 3.93. The molecule has 0 aliphatic carbocycles. The number of carbonyl (C=O) groups is 2. The number of hydrogen-bond acceptors (Lipinski definition) is 5. The third-order valence-corrected chi connectivity index (χ3v) is 2.42. The predicted molar refractivity (Wildman–Crippen MR) is 75.1 cm³/mol. The number of nitrogens with zero attached hydrogens (tertiary/aromatic N) is 1. The SMILES string of the molecule is CC(=O)O.COc1cc2ccc(C(=O)O)cc2c(OC)n1. The van der Waals surface area contributed by atoms with Crippen LogP contribution in [0.25, 0.3) is 10.8 Å². The molecule has 2 aromatic rings. The average Bonchev–Trinajstić information content (AvgIpc) is 2.44. The molecule has 112 valence electrons. The molecule has 0 saturated carbocycles. The number of aromatic nitrogens is 1. The fourth-order valence-electron chi connectivity index (χ4n) is 1.59. The van der Waals surface area contributed by atoms with Crippen molar-refractivity contribution in [3.05, 3.63) is 29.8 Å². The average molecular weight is 293 g/mol. The van der Waals surface area contributed by atoms with E-state index in [1.54, 1.807) is 12.1 Å². The standard InChI is InChI=1S/C12H11NO4.C2H4O2/c1-16-10-6-7-3-4-8(12(14)15)5-9(7)11(13-10)17-2;1-2(3)4/h3-6H,1-2H3,(H,14,15);1H3,(H,3,4). The zero-order valence-corrected chi connectivity index (χ0v) is 11.8. The number of ether oxygens (including phenoxy) is 2. The van der Waals surface area contributed by atoms with E-state index in [2.05, 4.69) is 4.98 Å². The molecule has 1 aromatic carbocycles. The lowest BCUT2D eigenvalue weighted by molar-refractivity contribution is -0.134. The zero-order chi connectivity index (χ0) is 16.0. The number of hydrogen-bond donors (Lipinski definition) is 2. The van der Waals surface area contributed by atoms with Crippen molar-refractivity contribution in [3.8, 4) is 11.8 Å². The largest absolute Gasteiger partial charge is 0.481 e. The van der Waals surface area contributed by atoms with Gasteiger partial charge in [0, 0.05) is 18.4 Å². The molecule has 2 rings (SSSR count). The van der Waals surface area contributed by atoms with Crippen LogP contribution in [0.1, 0.15) is 17.3 Å². The maximum Gasteiger partial charge on any atom is 0.335 e. The normalized spacial score (nSPS) is 9.48. The van der Waals surface area contributed by atoms with Crippen LogP contribution in [0.3, 0.4) is 0 Å². The summed E-state index contributed by atoms with van der Waals surface area (Å²) in [6, 6.07) is 6.49. The molecule has 7 nitrogen and oxygen atoms in total. The van der Waals surface area contributed by atoms with Crippen LogP contribution in [0.2, 0.25) is 0 Å². The predicted octanol–water partition coefficient (Wildman–Crippen LogP) is 2.04. The highest BCUT2D eigenvalue weighted by Crippen LogP contribution is 2.28. The fourth-order valence-corrected chi connectivity index (χ4v) is 1.59. The Labute approximate surface area is 120 Å². The number of aromatic carboxylic acids is 1. The Hall–Kier alpha value is -2.83. The highest BCUT2D eigenvalue weighted by Gasteiger charge is 2.10. The van der Waals surface area contributed by atoms with Crippen molar-refractivity contribution in [1.29, 1.82) is 0 Å². The van der Waals surface area contributed by atoms with Crippen molar-refractivity contribution in [3.63, 3.8) is 0 Å². The Bertz CT molecular complexity index is 664. The first-order valence-electron chi connectivity index (χ1n) is 5.84. The Balaban J connectivity index is 0.000000491. The van der Waals surface area contributed by atoms with E-state index < -0.39 is 11.9 Å². The molecule has 0 atom stereocenters. The first-order valence-corrected chi connectivity index (χ1v) is 5.84. The molecule has 0 radical (unpaired) electrons. The molecule has 0 aliphatic rings. The van der Waals surface area contributed by atoms with Crippen LogP contribution in [0, 0.1) is 0 Å². The van der Waals surface area contributed by atoms with Gasteiger partial charge in [-0.15, -0.1) is 0 Å². The van der Waals surface area contributed by atoms with E-state index in [1.165, 1.54) is 26.4 Å². The van der Waals surface area contributed by atoms with Crippen LogP contribution >= 0.6 is 0 Å². The number of aliphatic carboxylic acids is 1. The molecule has 1 aromatic heterocycles. The number of fused-ring (bicyclic) bond motifs is 1. The van der Waals surface area contributed by atoms with Crippen molar-refractivity contribution >= 4 is 22.7 Å². The molecular formula is C14H15NO6. The Morgan fingerprint density at radius 3 is 2.19 bits per heavy atom. The van der Waals surface area contributed by atoms with E-state index in [1.807, 2.05) is 0 Å². The van der Waals surface area contributed by atoms with Gasteiger partial charge in [-0.3, -0.25) is 4.79 Å². The van der Waals surface area contributed by atoms with Crippen LogP contribution in [0.5, 0.6) is 11.8 Å². The highest BCUT2D eigenvalue weighted by molar-refractivity contribution is 5.96. The van der Waals surface area contributed by atoms with Crippen LogP contribution in [-0.4, -0.2) is 41.4 Å². The van der Waals surface area contributed by atoms with Crippen LogP contribution < -0.4 is 9.47 Å². The van der Waals surface area contributed by atoms with Gasteiger partial charge in [0.25, 0.3) is 5.97 Å². The summed E-state index contributed by atoms with van der Waals surface area (Å²) >= 11 is 0. The number of carboxylic acid groups (broad SMARTS) is 2. The van der Waals surface area contributed by atoms with E-state index in [-0.39, 0.29) is 5.56 Å². The van der Waals surface area contributed by atoms with Gasteiger partial charge in [0.05, 0.1) is 19.8 Å². The molecular weight excluding hydrogens is 278 g/mol. The van der Waals surface area contributed by atoms with Crippen molar-refractivity contribution < 1.29 is 29.3 Å². The van der Waals surface area contributed by atoms with E-state index in [9.17, 15) is 4.79 Å². The lowest BCUT2D eigenvalue weighted by Crippen LogP contribution is -1.98. The molecule has 0 bridgehead atoms. The van der Waals surface area contributed by atoms with Crippen molar-refractivity contribution in [2.75, 3.05) is 14.2 Å². The summed E-state index contributed by atoms with van der Waals surface area (Å²) in [4.78, 5) is 24.0. The second kappa shape index (κ2) is 7.09. The quantitative estimate of drug-likeness (QED) is 0.891. The Morgan fingerprint density at radius 1 is 1.10 bits per heavy atom. The van der Waals surface area contributed by atoms with Crippen LogP contribution in [0.4, 0.5) is 0 Å². The molecule has 0 fully saturated rings. The van der Waals surface area contributed by atoms with Gasteiger partial charge in [0.2, 0.25) is 11.8 Å². The van der Waals surface area contributed by atoms with E-state index in [0.29, 0.717) is 17.1 Å². The maximum atomic E-state index is 10.9. The van der Waals surface area contributed by atoms with Gasteiger partial charge in [0.15, 0.2) is 0 Å². The van der Waals surface area contributed by atoms with Crippen LogP contribution in [-0.2, 0) is 4.79 Å². The smallest absolute Gasteiger partial charge is 0.335 e. The summed E-state index contributed by atoms with van der Waals surface area (Å²) in [5.74, 6) is -1.04. The summed E-state index contributed by atoms with van der Waals surface area (Å²) in [6.45, 7) is 1.08. The summed E-state index contributed by atoms with van der Waals surface area (Å²) in [6.07, 6.45) is 0. The van der Waals surface area contributed by atoms with Gasteiger partial charge < -0.3 is 19.7 Å². The third kappa shape index (κ3) is 4.34. The molecule has 0 unspecified atom stereocenters. The maximum absolute atomic E-state index is 10.9. The second-order valence-corrected chi connectivity index (χ2v) is 3.93. The molecule has 0 aliphatic heterocycles. The number of benzene rings is 1. The van der Waals surface area contributed by atoms with Gasteiger partial charge in [-0.25, -0.2) is 4.79 Å². The summed E-state index contributed by atoms with van der Waals surface area (Å²) < 4.78 is 10.2. The monoisotopic (exact) mass is 293 g/mol. The summed E-state index contributed by atoms with van der Waals surface area (Å²) in [5.41, 5.74) is 0.197. The molecule has 21 heavy (non-hydrogen) atoms. The minimum atomic E-state index is -0.982. The topological polar surface area (TPSA) is 106 Å². The van der Waals surface area contributed by atoms with Gasteiger partial charge in [0.1, 0.15) is 0 Å². The first kappa shape index (κ1) is 16.2. The van der Waals surface area contributed by atoms with Crippen molar-refractivity contribution in [2.45, 2.75) is 6.92 Å². The zero-order valence-electron chi connectivity index (χ0n) is 11.8.